The first-order valence-electron chi connectivity index (χ1n) is 6.09. The van der Waals surface area contributed by atoms with E-state index in [0.717, 1.165) is 26.1 Å². The van der Waals surface area contributed by atoms with Crippen LogP contribution in [-0.2, 0) is 4.74 Å². The second kappa shape index (κ2) is 8.01. The van der Waals surface area contributed by atoms with Gasteiger partial charge in [-0.2, -0.15) is 0 Å². The van der Waals surface area contributed by atoms with E-state index in [1.165, 1.54) is 0 Å². The summed E-state index contributed by atoms with van der Waals surface area (Å²) in [4.78, 5) is 4.64. The van der Waals surface area contributed by atoms with Gasteiger partial charge in [-0.05, 0) is 34.0 Å². The Morgan fingerprint density at radius 3 is 2.19 bits per heavy atom. The molecule has 0 aromatic carbocycles. The Hall–Kier alpha value is -0.160. The van der Waals surface area contributed by atoms with Gasteiger partial charge in [0.05, 0.1) is 12.1 Å². The van der Waals surface area contributed by atoms with Crippen molar-refractivity contribution in [2.45, 2.75) is 25.8 Å². The number of hydrogen-bond acceptors (Lipinski definition) is 4. The van der Waals surface area contributed by atoms with Crippen LogP contribution in [0.2, 0.25) is 0 Å². The van der Waals surface area contributed by atoms with Gasteiger partial charge in [-0.1, -0.05) is 6.92 Å². The molecule has 0 radical (unpaired) electrons. The minimum Gasteiger partial charge on any atom is -0.383 e. The smallest absolute Gasteiger partial charge is 0.0656 e. The normalized spacial score (nSPS) is 15.8. The molecule has 4 heteroatoms. The van der Waals surface area contributed by atoms with Crippen LogP contribution in [0.15, 0.2) is 0 Å². The number of hydrogen-bond donors (Lipinski definition) is 1. The zero-order valence-electron chi connectivity index (χ0n) is 11.6. The molecule has 0 saturated carbocycles. The van der Waals surface area contributed by atoms with Crippen LogP contribution in [0.1, 0.15) is 20.3 Å². The van der Waals surface area contributed by atoms with Gasteiger partial charge in [-0.25, -0.2) is 0 Å². The Labute approximate surface area is 101 Å². The Morgan fingerprint density at radius 1 is 1.19 bits per heavy atom. The van der Waals surface area contributed by atoms with E-state index in [-0.39, 0.29) is 5.54 Å². The third kappa shape index (κ3) is 5.25. The van der Waals surface area contributed by atoms with Crippen molar-refractivity contribution >= 4 is 0 Å². The predicted molar refractivity (Wildman–Crippen MR) is 69.8 cm³/mol. The Bertz CT molecular complexity index is 176. The van der Waals surface area contributed by atoms with Gasteiger partial charge in [0.2, 0.25) is 0 Å². The number of likely N-dealkylation sites (N-methyl/N-ethyl adjacent to an activating group) is 1. The summed E-state index contributed by atoms with van der Waals surface area (Å²) in [7, 11) is 5.93. The van der Waals surface area contributed by atoms with Gasteiger partial charge in [-0.15, -0.1) is 0 Å². The van der Waals surface area contributed by atoms with E-state index in [9.17, 15) is 0 Å². The summed E-state index contributed by atoms with van der Waals surface area (Å²) in [6.45, 7) is 8.88. The number of rotatable bonds is 9. The molecule has 0 aliphatic carbocycles. The Kier molecular flexibility index (Phi) is 7.93. The molecule has 1 unspecified atom stereocenters. The monoisotopic (exact) mass is 231 g/mol. The number of nitrogens with zero attached hydrogens (tertiary/aromatic N) is 2. The molecular weight excluding hydrogens is 202 g/mol. The van der Waals surface area contributed by atoms with Crippen LogP contribution in [0.25, 0.3) is 0 Å². The largest absolute Gasteiger partial charge is 0.383 e. The Balaban J connectivity index is 4.44. The van der Waals surface area contributed by atoms with E-state index in [2.05, 4.69) is 37.7 Å². The van der Waals surface area contributed by atoms with Crippen LogP contribution < -0.4 is 5.73 Å². The van der Waals surface area contributed by atoms with E-state index < -0.39 is 0 Å². The van der Waals surface area contributed by atoms with Crippen molar-refractivity contribution in [3.8, 4) is 0 Å². The molecule has 0 bridgehead atoms. The van der Waals surface area contributed by atoms with Crippen LogP contribution in [0.5, 0.6) is 0 Å². The van der Waals surface area contributed by atoms with Crippen LogP contribution in [-0.4, -0.2) is 69.3 Å². The molecule has 0 aliphatic rings. The molecule has 0 saturated heterocycles. The number of methoxy groups -OCH3 is 1. The lowest BCUT2D eigenvalue weighted by molar-refractivity contribution is 0.0234. The summed E-state index contributed by atoms with van der Waals surface area (Å²) in [6, 6.07) is 0. The summed E-state index contributed by atoms with van der Waals surface area (Å²) in [5.41, 5.74) is 5.85. The summed E-state index contributed by atoms with van der Waals surface area (Å²) in [5, 5.41) is 0. The van der Waals surface area contributed by atoms with Gasteiger partial charge in [0.1, 0.15) is 0 Å². The van der Waals surface area contributed by atoms with E-state index in [4.69, 9.17) is 10.5 Å². The fourth-order valence-corrected chi connectivity index (χ4v) is 1.83. The van der Waals surface area contributed by atoms with Crippen LogP contribution in [0, 0.1) is 0 Å². The second-order valence-electron chi connectivity index (χ2n) is 4.92. The minimum atomic E-state index is -0.0409. The maximum atomic E-state index is 5.90. The number of ether oxygens (including phenoxy) is 1. The van der Waals surface area contributed by atoms with Crippen molar-refractivity contribution in [1.29, 1.82) is 0 Å². The van der Waals surface area contributed by atoms with E-state index in [0.29, 0.717) is 13.2 Å². The second-order valence-corrected chi connectivity index (χ2v) is 4.92. The summed E-state index contributed by atoms with van der Waals surface area (Å²) >= 11 is 0. The SMILES string of the molecule is CCCN(CCN(C)C)C(C)(CN)COC. The highest BCUT2D eigenvalue weighted by molar-refractivity contribution is 4.87. The molecule has 1 atom stereocenters. The molecular formula is C12H29N3O. The average molecular weight is 231 g/mol. The molecule has 0 amide bonds. The maximum Gasteiger partial charge on any atom is 0.0656 e. The van der Waals surface area contributed by atoms with Crippen molar-refractivity contribution in [2.24, 2.45) is 5.73 Å². The van der Waals surface area contributed by atoms with Crippen molar-refractivity contribution in [3.05, 3.63) is 0 Å². The van der Waals surface area contributed by atoms with Crippen LogP contribution in [0.4, 0.5) is 0 Å². The van der Waals surface area contributed by atoms with Crippen LogP contribution >= 0.6 is 0 Å². The lowest BCUT2D eigenvalue weighted by Gasteiger charge is -2.40. The summed E-state index contributed by atoms with van der Waals surface area (Å²) in [5.74, 6) is 0. The molecule has 0 spiro atoms. The zero-order chi connectivity index (χ0) is 12.6. The molecule has 0 aromatic rings. The molecule has 0 rings (SSSR count). The third-order valence-electron chi connectivity index (χ3n) is 2.97. The first-order chi connectivity index (χ1) is 7.50. The molecule has 0 fully saturated rings. The van der Waals surface area contributed by atoms with E-state index in [1.54, 1.807) is 7.11 Å². The van der Waals surface area contributed by atoms with Gasteiger partial charge in [0.15, 0.2) is 0 Å². The highest BCUT2D eigenvalue weighted by Gasteiger charge is 2.29. The first kappa shape index (κ1) is 15.8. The fraction of sp³-hybridized carbons (Fsp3) is 1.00. The van der Waals surface area contributed by atoms with E-state index >= 15 is 0 Å². The molecule has 16 heavy (non-hydrogen) atoms. The fourth-order valence-electron chi connectivity index (χ4n) is 1.83. The standard InChI is InChI=1S/C12H29N3O/c1-6-7-15(9-8-14(3)4)12(2,10-13)11-16-5/h6-11,13H2,1-5H3. The van der Waals surface area contributed by atoms with Gasteiger partial charge in [0, 0.05) is 26.7 Å². The topological polar surface area (TPSA) is 41.7 Å². The minimum absolute atomic E-state index is 0.0409. The van der Waals surface area contributed by atoms with Gasteiger partial charge < -0.3 is 15.4 Å². The number of nitrogens with two attached hydrogens (primary N) is 1. The zero-order valence-corrected chi connectivity index (χ0v) is 11.6. The third-order valence-corrected chi connectivity index (χ3v) is 2.97. The molecule has 0 aromatic heterocycles. The molecule has 4 nitrogen and oxygen atoms in total. The molecule has 0 aliphatic heterocycles. The molecule has 98 valence electrons. The van der Waals surface area contributed by atoms with Crippen molar-refractivity contribution in [1.82, 2.24) is 9.80 Å². The highest BCUT2D eigenvalue weighted by Crippen LogP contribution is 2.14. The lowest BCUT2D eigenvalue weighted by Crippen LogP contribution is -2.56. The highest BCUT2D eigenvalue weighted by atomic mass is 16.5. The first-order valence-corrected chi connectivity index (χ1v) is 6.09. The van der Waals surface area contributed by atoms with E-state index in [1.807, 2.05) is 0 Å². The van der Waals surface area contributed by atoms with Crippen molar-refractivity contribution in [2.75, 3.05) is 54.0 Å². The summed E-state index contributed by atoms with van der Waals surface area (Å²) < 4.78 is 5.30. The Morgan fingerprint density at radius 2 is 1.81 bits per heavy atom. The average Bonchev–Trinajstić information content (AvgIpc) is 2.24. The van der Waals surface area contributed by atoms with Crippen LogP contribution in [0.3, 0.4) is 0 Å². The summed E-state index contributed by atoms with van der Waals surface area (Å²) in [6.07, 6.45) is 1.15. The van der Waals surface area contributed by atoms with Crippen molar-refractivity contribution < 1.29 is 4.74 Å². The predicted octanol–water partition coefficient (Wildman–Crippen LogP) is 0.624. The molecule has 2 N–H and O–H groups in total. The molecule has 0 heterocycles. The van der Waals surface area contributed by atoms with Gasteiger partial charge >= 0.3 is 0 Å². The lowest BCUT2D eigenvalue weighted by atomic mass is 10.0. The van der Waals surface area contributed by atoms with Crippen molar-refractivity contribution in [3.63, 3.8) is 0 Å². The quantitative estimate of drug-likeness (QED) is 0.632. The maximum absolute atomic E-state index is 5.90. The van der Waals surface area contributed by atoms with Gasteiger partial charge in [0.25, 0.3) is 0 Å². The van der Waals surface area contributed by atoms with Gasteiger partial charge in [-0.3, -0.25) is 4.90 Å².